The van der Waals surface area contributed by atoms with Gasteiger partial charge < -0.3 is 19.7 Å². The average Bonchev–Trinajstić information content (AvgIpc) is 3.48. The first-order valence-corrected chi connectivity index (χ1v) is 11.9. The minimum atomic E-state index is -0.884. The molecule has 0 saturated carbocycles. The molecule has 3 aromatic carbocycles. The van der Waals surface area contributed by atoms with Crippen molar-refractivity contribution in [3.63, 3.8) is 0 Å². The molecule has 3 heterocycles. The number of nitriles is 2. The van der Waals surface area contributed by atoms with E-state index in [1.807, 2.05) is 31.2 Å². The van der Waals surface area contributed by atoms with Crippen LogP contribution in [0.1, 0.15) is 48.4 Å². The van der Waals surface area contributed by atoms with Crippen molar-refractivity contribution >= 4 is 10.8 Å². The fraction of sp³-hybridized carbons (Fsp3) is 0.241. The molecule has 4 aromatic rings. The van der Waals surface area contributed by atoms with Gasteiger partial charge in [-0.3, -0.25) is 4.57 Å². The molecule has 0 unspecified atom stereocenters. The van der Waals surface area contributed by atoms with Crippen LogP contribution in [0.25, 0.3) is 16.5 Å². The molecule has 2 aliphatic rings. The lowest BCUT2D eigenvalue weighted by Crippen LogP contribution is -2.25. The second kappa shape index (κ2) is 7.99. The maximum atomic E-state index is 14.0. The van der Waals surface area contributed by atoms with Gasteiger partial charge in [0.15, 0.2) is 0 Å². The molecular formula is C29H22FN3O4. The minimum absolute atomic E-state index is 0.0571. The molecule has 0 aliphatic carbocycles. The van der Waals surface area contributed by atoms with Crippen LogP contribution in [0.2, 0.25) is 0 Å². The van der Waals surface area contributed by atoms with E-state index in [9.17, 15) is 19.9 Å². The van der Waals surface area contributed by atoms with Gasteiger partial charge in [-0.05, 0) is 44.0 Å². The van der Waals surface area contributed by atoms with Crippen LogP contribution in [0.15, 0.2) is 54.6 Å². The van der Waals surface area contributed by atoms with Crippen molar-refractivity contribution in [2.24, 2.45) is 0 Å². The maximum absolute atomic E-state index is 14.0. The van der Waals surface area contributed by atoms with Crippen molar-refractivity contribution in [3.8, 4) is 35.3 Å². The summed E-state index contributed by atoms with van der Waals surface area (Å²) >= 11 is 0. The van der Waals surface area contributed by atoms with Crippen molar-refractivity contribution in [1.29, 1.82) is 10.5 Å². The van der Waals surface area contributed by atoms with E-state index in [1.54, 1.807) is 18.2 Å². The number of nitrogens with zero attached hydrogens (tertiary/aromatic N) is 3. The highest BCUT2D eigenvalue weighted by Gasteiger charge is 2.61. The first-order chi connectivity index (χ1) is 17.8. The SMILES string of the molecule is C[C@]12CC[C@](CCOc3ccc(C#N)c(F)c3)(O1)c1c2c(O)n(-c2ccc(C#N)c3ccccc23)c1O. The monoisotopic (exact) mass is 495 g/mol. The molecule has 6 rings (SSSR count). The molecule has 0 radical (unpaired) electrons. The second-order valence-corrected chi connectivity index (χ2v) is 9.70. The third-order valence-electron chi connectivity index (χ3n) is 7.63. The molecule has 2 N–H and O–H groups in total. The number of fused-ring (bicyclic) bond motifs is 6. The number of hydrogen-bond donors (Lipinski definition) is 2. The van der Waals surface area contributed by atoms with Gasteiger partial charge in [0.05, 0.1) is 46.2 Å². The summed E-state index contributed by atoms with van der Waals surface area (Å²) < 4.78 is 27.6. The lowest BCUT2D eigenvalue weighted by atomic mass is 9.78. The summed E-state index contributed by atoms with van der Waals surface area (Å²) in [7, 11) is 0. The van der Waals surface area contributed by atoms with Gasteiger partial charge in [0.2, 0.25) is 11.8 Å². The topological polar surface area (TPSA) is 111 Å². The third kappa shape index (κ3) is 3.20. The smallest absolute Gasteiger partial charge is 0.205 e. The van der Waals surface area contributed by atoms with Crippen LogP contribution in [0.5, 0.6) is 17.5 Å². The summed E-state index contributed by atoms with van der Waals surface area (Å²) in [6.07, 6.45) is 1.63. The zero-order valence-corrected chi connectivity index (χ0v) is 20.0. The van der Waals surface area contributed by atoms with Gasteiger partial charge in [0.25, 0.3) is 0 Å². The van der Waals surface area contributed by atoms with Gasteiger partial charge in [0.1, 0.15) is 23.2 Å². The lowest BCUT2D eigenvalue weighted by molar-refractivity contribution is -0.0876. The summed E-state index contributed by atoms with van der Waals surface area (Å²) in [6.45, 7) is 2.07. The zero-order chi connectivity index (χ0) is 25.9. The number of benzene rings is 3. The van der Waals surface area contributed by atoms with Gasteiger partial charge in [-0.25, -0.2) is 4.39 Å². The Hall–Kier alpha value is -4.53. The standard InChI is InChI=1S/C29H22FN3O4/c1-28-10-11-29(37-28,12-13-36-19-8-6-18(16-32)22(30)14-19)25-24(28)26(34)33(27(25)35)23-9-7-17(15-31)20-4-2-3-5-21(20)23/h2-9,14,34-35H,10-13H2,1H3/t28-,29-/m1/s1. The Kier molecular flexibility index (Phi) is 4.95. The van der Waals surface area contributed by atoms with Crippen LogP contribution in [0.4, 0.5) is 4.39 Å². The van der Waals surface area contributed by atoms with Crippen molar-refractivity contribution in [2.75, 3.05) is 6.61 Å². The van der Waals surface area contributed by atoms with E-state index in [1.165, 1.54) is 22.8 Å². The number of ether oxygens (including phenoxy) is 2. The number of halogens is 1. The van der Waals surface area contributed by atoms with E-state index in [2.05, 4.69) is 6.07 Å². The van der Waals surface area contributed by atoms with Crippen LogP contribution in [0.3, 0.4) is 0 Å². The van der Waals surface area contributed by atoms with Crippen LogP contribution < -0.4 is 4.74 Å². The molecule has 184 valence electrons. The molecule has 2 bridgehead atoms. The lowest BCUT2D eigenvalue weighted by Gasteiger charge is -2.26. The van der Waals surface area contributed by atoms with Gasteiger partial charge in [-0.15, -0.1) is 0 Å². The molecular weight excluding hydrogens is 473 g/mol. The minimum Gasteiger partial charge on any atom is -0.494 e. The van der Waals surface area contributed by atoms with E-state index in [-0.39, 0.29) is 23.9 Å². The Labute approximate surface area is 212 Å². The Morgan fingerprint density at radius 1 is 0.973 bits per heavy atom. The van der Waals surface area contributed by atoms with Crippen LogP contribution in [-0.2, 0) is 15.9 Å². The normalized spacial score (nSPS) is 21.5. The number of hydrogen-bond acceptors (Lipinski definition) is 6. The maximum Gasteiger partial charge on any atom is 0.205 e. The van der Waals surface area contributed by atoms with Gasteiger partial charge in [-0.1, -0.05) is 24.3 Å². The van der Waals surface area contributed by atoms with E-state index < -0.39 is 17.0 Å². The molecule has 0 spiro atoms. The number of rotatable bonds is 5. The first kappa shape index (κ1) is 22.9. The zero-order valence-electron chi connectivity index (χ0n) is 20.0. The number of aromatic nitrogens is 1. The van der Waals surface area contributed by atoms with Crippen molar-refractivity contribution in [1.82, 2.24) is 4.57 Å². The molecule has 0 amide bonds. The molecule has 1 fully saturated rings. The van der Waals surface area contributed by atoms with Crippen LogP contribution >= 0.6 is 0 Å². The largest absolute Gasteiger partial charge is 0.494 e. The fourth-order valence-electron chi connectivity index (χ4n) is 5.92. The summed E-state index contributed by atoms with van der Waals surface area (Å²) in [5.41, 5.74) is 0.409. The molecule has 1 aromatic heterocycles. The Morgan fingerprint density at radius 2 is 1.68 bits per heavy atom. The number of aromatic hydroxyl groups is 2. The van der Waals surface area contributed by atoms with Gasteiger partial charge in [0, 0.05) is 23.3 Å². The highest BCUT2D eigenvalue weighted by Crippen LogP contribution is 2.65. The Bertz CT molecular complexity index is 1680. The summed E-state index contributed by atoms with van der Waals surface area (Å²) in [5, 5.41) is 42.8. The van der Waals surface area contributed by atoms with Crippen molar-refractivity contribution < 1.29 is 24.1 Å². The van der Waals surface area contributed by atoms with Crippen molar-refractivity contribution in [3.05, 3.63) is 82.7 Å². The van der Waals surface area contributed by atoms with E-state index in [0.29, 0.717) is 47.4 Å². The Balaban J connectivity index is 1.40. The highest BCUT2D eigenvalue weighted by atomic mass is 19.1. The summed E-state index contributed by atoms with van der Waals surface area (Å²) in [4.78, 5) is 0. The first-order valence-electron chi connectivity index (χ1n) is 11.9. The summed E-state index contributed by atoms with van der Waals surface area (Å²) in [5.74, 6) is -0.572. The third-order valence-corrected chi connectivity index (χ3v) is 7.63. The van der Waals surface area contributed by atoms with Gasteiger partial charge >= 0.3 is 0 Å². The average molecular weight is 496 g/mol. The van der Waals surface area contributed by atoms with E-state index in [4.69, 9.17) is 14.7 Å². The molecule has 2 aliphatic heterocycles. The quantitative estimate of drug-likeness (QED) is 0.371. The fourth-order valence-corrected chi connectivity index (χ4v) is 5.92. The molecule has 1 saturated heterocycles. The van der Waals surface area contributed by atoms with Crippen LogP contribution in [-0.4, -0.2) is 21.4 Å². The predicted octanol–water partition coefficient (Wildman–Crippen LogP) is 5.63. The van der Waals surface area contributed by atoms with Gasteiger partial charge in [-0.2, -0.15) is 10.5 Å². The summed E-state index contributed by atoms with van der Waals surface area (Å²) in [6, 6.07) is 18.8. The second-order valence-electron chi connectivity index (χ2n) is 9.70. The molecule has 2 atom stereocenters. The van der Waals surface area contributed by atoms with E-state index >= 15 is 0 Å². The van der Waals surface area contributed by atoms with Crippen molar-refractivity contribution in [2.45, 2.75) is 37.4 Å². The molecule has 7 nitrogen and oxygen atoms in total. The predicted molar refractivity (Wildman–Crippen MR) is 132 cm³/mol. The van der Waals surface area contributed by atoms with E-state index in [0.717, 1.165) is 10.8 Å². The molecule has 8 heteroatoms. The Morgan fingerprint density at radius 3 is 2.41 bits per heavy atom. The molecule has 37 heavy (non-hydrogen) atoms. The highest BCUT2D eigenvalue weighted by molar-refractivity contribution is 5.95. The van der Waals surface area contributed by atoms with Crippen LogP contribution in [0, 0.1) is 28.5 Å².